The average Bonchev–Trinajstić information content (AvgIpc) is 2.53. The second kappa shape index (κ2) is 7.22. The second-order valence-electron chi connectivity index (χ2n) is 5.17. The van der Waals surface area contributed by atoms with Crippen LogP contribution in [0.15, 0.2) is 24.3 Å². The van der Waals surface area contributed by atoms with Gasteiger partial charge < -0.3 is 15.5 Å². The number of rotatable bonds is 5. The summed E-state index contributed by atoms with van der Waals surface area (Å²) in [5, 5.41) is 6.02. The van der Waals surface area contributed by atoms with Crippen LogP contribution < -0.4 is 10.6 Å². The standard InChI is InChI=1S/C16H23N3O2/c1-3-19(4-2)15(20)11-18-16(21)14-10-17-9-12-7-5-6-8-13(12)14/h5-8,14,17H,3-4,9-11H2,1-2H3,(H,18,21). The molecule has 1 heterocycles. The molecule has 0 aromatic heterocycles. The first-order valence-electron chi connectivity index (χ1n) is 7.51. The van der Waals surface area contributed by atoms with Crippen LogP contribution in [0.3, 0.4) is 0 Å². The zero-order valence-corrected chi connectivity index (χ0v) is 12.7. The smallest absolute Gasteiger partial charge is 0.241 e. The van der Waals surface area contributed by atoms with E-state index in [9.17, 15) is 9.59 Å². The van der Waals surface area contributed by atoms with Gasteiger partial charge in [-0.3, -0.25) is 9.59 Å². The van der Waals surface area contributed by atoms with Gasteiger partial charge in [0.1, 0.15) is 0 Å². The Hall–Kier alpha value is -1.88. The summed E-state index contributed by atoms with van der Waals surface area (Å²) in [5.74, 6) is -0.347. The van der Waals surface area contributed by atoms with Crippen LogP contribution in [0, 0.1) is 0 Å². The number of likely N-dealkylation sites (N-methyl/N-ethyl adjacent to an activating group) is 1. The van der Waals surface area contributed by atoms with Crippen LogP contribution in [0.5, 0.6) is 0 Å². The Kier molecular flexibility index (Phi) is 5.33. The van der Waals surface area contributed by atoms with Gasteiger partial charge in [0, 0.05) is 26.2 Å². The maximum absolute atomic E-state index is 12.3. The number of hydrogen-bond acceptors (Lipinski definition) is 3. The van der Waals surface area contributed by atoms with Crippen molar-refractivity contribution in [2.75, 3.05) is 26.2 Å². The number of carbonyl (C=O) groups excluding carboxylic acids is 2. The number of nitrogens with zero attached hydrogens (tertiary/aromatic N) is 1. The van der Waals surface area contributed by atoms with Crippen molar-refractivity contribution in [2.24, 2.45) is 0 Å². The average molecular weight is 289 g/mol. The molecule has 21 heavy (non-hydrogen) atoms. The lowest BCUT2D eigenvalue weighted by Crippen LogP contribution is -2.44. The van der Waals surface area contributed by atoms with Gasteiger partial charge in [-0.15, -0.1) is 0 Å². The fraction of sp³-hybridized carbons (Fsp3) is 0.500. The Labute approximate surface area is 125 Å². The van der Waals surface area contributed by atoms with Gasteiger partial charge >= 0.3 is 0 Å². The largest absolute Gasteiger partial charge is 0.346 e. The van der Waals surface area contributed by atoms with E-state index in [0.29, 0.717) is 19.6 Å². The monoisotopic (exact) mass is 289 g/mol. The van der Waals surface area contributed by atoms with Crippen LogP contribution in [-0.4, -0.2) is 42.9 Å². The molecule has 0 radical (unpaired) electrons. The molecule has 1 unspecified atom stereocenters. The van der Waals surface area contributed by atoms with Crippen molar-refractivity contribution < 1.29 is 9.59 Å². The van der Waals surface area contributed by atoms with E-state index >= 15 is 0 Å². The first kappa shape index (κ1) is 15.5. The summed E-state index contributed by atoms with van der Waals surface area (Å²) in [7, 11) is 0. The molecule has 2 amide bonds. The SMILES string of the molecule is CCN(CC)C(=O)CNC(=O)C1CNCc2ccccc21. The van der Waals surface area contributed by atoms with Gasteiger partial charge in [0.25, 0.3) is 0 Å². The van der Waals surface area contributed by atoms with Crippen molar-refractivity contribution >= 4 is 11.8 Å². The topological polar surface area (TPSA) is 61.4 Å². The number of nitrogens with one attached hydrogen (secondary N) is 2. The Morgan fingerprint density at radius 3 is 2.71 bits per heavy atom. The number of amides is 2. The normalized spacial score (nSPS) is 17.0. The third kappa shape index (κ3) is 3.61. The molecule has 5 heteroatoms. The number of carbonyl (C=O) groups is 2. The van der Waals surface area contributed by atoms with Crippen molar-refractivity contribution in [2.45, 2.75) is 26.3 Å². The summed E-state index contributed by atoms with van der Waals surface area (Å²) < 4.78 is 0. The van der Waals surface area contributed by atoms with Gasteiger partial charge in [0.05, 0.1) is 12.5 Å². The lowest BCUT2D eigenvalue weighted by molar-refractivity contribution is -0.132. The van der Waals surface area contributed by atoms with Crippen LogP contribution in [0.1, 0.15) is 30.9 Å². The van der Waals surface area contributed by atoms with E-state index in [1.807, 2.05) is 38.1 Å². The fourth-order valence-corrected chi connectivity index (χ4v) is 2.70. The van der Waals surface area contributed by atoms with Crippen LogP contribution in [0.25, 0.3) is 0 Å². The molecule has 0 spiro atoms. The summed E-state index contributed by atoms with van der Waals surface area (Å²) in [6.07, 6.45) is 0. The van der Waals surface area contributed by atoms with Crippen molar-refractivity contribution in [3.8, 4) is 0 Å². The lowest BCUT2D eigenvalue weighted by atomic mass is 9.90. The molecule has 1 aromatic carbocycles. The minimum absolute atomic E-state index is 0.0367. The Bertz CT molecular complexity index is 512. The number of fused-ring (bicyclic) bond motifs is 1. The minimum Gasteiger partial charge on any atom is -0.346 e. The molecule has 1 atom stereocenters. The van der Waals surface area contributed by atoms with Gasteiger partial charge in [-0.1, -0.05) is 24.3 Å². The first-order chi connectivity index (χ1) is 10.2. The van der Waals surface area contributed by atoms with Crippen LogP contribution >= 0.6 is 0 Å². The molecular weight excluding hydrogens is 266 g/mol. The highest BCUT2D eigenvalue weighted by Gasteiger charge is 2.26. The van der Waals surface area contributed by atoms with Crippen molar-refractivity contribution in [1.29, 1.82) is 0 Å². The van der Waals surface area contributed by atoms with E-state index in [0.717, 1.165) is 17.7 Å². The highest BCUT2D eigenvalue weighted by molar-refractivity contribution is 5.89. The molecule has 2 N–H and O–H groups in total. The van der Waals surface area contributed by atoms with E-state index in [1.165, 1.54) is 0 Å². The molecule has 2 rings (SSSR count). The molecule has 0 fully saturated rings. The van der Waals surface area contributed by atoms with Crippen molar-refractivity contribution in [3.05, 3.63) is 35.4 Å². The predicted octanol–water partition coefficient (Wildman–Crippen LogP) is 0.858. The molecule has 0 saturated carbocycles. The summed E-state index contributed by atoms with van der Waals surface area (Å²) >= 11 is 0. The molecule has 1 aliphatic rings. The molecule has 0 saturated heterocycles. The summed E-state index contributed by atoms with van der Waals surface area (Å²) in [4.78, 5) is 26.0. The van der Waals surface area contributed by atoms with Crippen LogP contribution in [0.2, 0.25) is 0 Å². The molecule has 5 nitrogen and oxygen atoms in total. The van der Waals surface area contributed by atoms with E-state index in [-0.39, 0.29) is 24.3 Å². The Morgan fingerprint density at radius 2 is 2.00 bits per heavy atom. The molecule has 1 aromatic rings. The number of hydrogen-bond donors (Lipinski definition) is 2. The van der Waals surface area contributed by atoms with E-state index in [2.05, 4.69) is 10.6 Å². The number of benzene rings is 1. The molecular formula is C16H23N3O2. The summed E-state index contributed by atoms with van der Waals surface area (Å²) in [5.41, 5.74) is 2.21. The van der Waals surface area contributed by atoms with Gasteiger partial charge in [0.2, 0.25) is 11.8 Å². The Morgan fingerprint density at radius 1 is 1.29 bits per heavy atom. The summed E-state index contributed by atoms with van der Waals surface area (Å²) in [6.45, 7) is 6.67. The van der Waals surface area contributed by atoms with Gasteiger partial charge in [-0.25, -0.2) is 0 Å². The van der Waals surface area contributed by atoms with E-state index in [1.54, 1.807) is 4.90 Å². The third-order valence-corrected chi connectivity index (χ3v) is 3.94. The van der Waals surface area contributed by atoms with Gasteiger partial charge in [-0.2, -0.15) is 0 Å². The van der Waals surface area contributed by atoms with Crippen LogP contribution in [-0.2, 0) is 16.1 Å². The highest BCUT2D eigenvalue weighted by atomic mass is 16.2. The lowest BCUT2D eigenvalue weighted by Gasteiger charge is -2.26. The van der Waals surface area contributed by atoms with E-state index in [4.69, 9.17) is 0 Å². The molecule has 0 bridgehead atoms. The van der Waals surface area contributed by atoms with Gasteiger partial charge in [-0.05, 0) is 25.0 Å². The minimum atomic E-state index is -0.223. The second-order valence-corrected chi connectivity index (χ2v) is 5.17. The third-order valence-electron chi connectivity index (χ3n) is 3.94. The van der Waals surface area contributed by atoms with Crippen molar-refractivity contribution in [1.82, 2.24) is 15.5 Å². The quantitative estimate of drug-likeness (QED) is 0.845. The molecule has 114 valence electrons. The molecule has 0 aliphatic carbocycles. The molecule has 1 aliphatic heterocycles. The van der Waals surface area contributed by atoms with Crippen molar-refractivity contribution in [3.63, 3.8) is 0 Å². The van der Waals surface area contributed by atoms with Crippen LogP contribution in [0.4, 0.5) is 0 Å². The zero-order chi connectivity index (χ0) is 15.2. The highest BCUT2D eigenvalue weighted by Crippen LogP contribution is 2.23. The zero-order valence-electron chi connectivity index (χ0n) is 12.7. The van der Waals surface area contributed by atoms with E-state index < -0.39 is 0 Å². The first-order valence-corrected chi connectivity index (χ1v) is 7.51. The summed E-state index contributed by atoms with van der Waals surface area (Å²) in [6, 6.07) is 7.95. The predicted molar refractivity (Wildman–Crippen MR) is 81.8 cm³/mol. The fourth-order valence-electron chi connectivity index (χ4n) is 2.70. The maximum atomic E-state index is 12.3. The Balaban J connectivity index is 1.97. The maximum Gasteiger partial charge on any atom is 0.241 e. The van der Waals surface area contributed by atoms with Gasteiger partial charge in [0.15, 0.2) is 0 Å².